The first kappa shape index (κ1) is 16.3. The van der Waals surface area contributed by atoms with Gasteiger partial charge in [0.25, 0.3) is 0 Å². The minimum atomic E-state index is 0.147. The number of aromatic nitrogens is 3. The molecule has 0 saturated heterocycles. The SMILES string of the molecule is O=C(CCC1CCCC1)Nc1cccc([C@@H]2CCc3nncn3C2)c1. The summed E-state index contributed by atoms with van der Waals surface area (Å²) in [4.78, 5) is 12.3. The fraction of sp³-hybridized carbons (Fsp3) is 0.550. The van der Waals surface area contributed by atoms with Crippen LogP contribution >= 0.6 is 0 Å². The Hall–Kier alpha value is -2.17. The first-order valence-corrected chi connectivity index (χ1v) is 9.54. The molecule has 0 spiro atoms. The van der Waals surface area contributed by atoms with Gasteiger partial charge in [0.1, 0.15) is 12.2 Å². The van der Waals surface area contributed by atoms with Gasteiger partial charge in [-0.25, -0.2) is 0 Å². The Morgan fingerprint density at radius 3 is 3.00 bits per heavy atom. The lowest BCUT2D eigenvalue weighted by molar-refractivity contribution is -0.116. The number of aryl methyl sites for hydroxylation is 1. The molecular formula is C20H26N4O. The molecule has 1 atom stereocenters. The van der Waals surface area contributed by atoms with Gasteiger partial charge in [0.15, 0.2) is 0 Å². The number of benzene rings is 1. The number of rotatable bonds is 5. The van der Waals surface area contributed by atoms with Gasteiger partial charge in [-0.05, 0) is 36.5 Å². The summed E-state index contributed by atoms with van der Waals surface area (Å²) in [5.41, 5.74) is 2.21. The Labute approximate surface area is 148 Å². The molecule has 132 valence electrons. The maximum absolute atomic E-state index is 12.3. The van der Waals surface area contributed by atoms with Crippen LogP contribution in [0.25, 0.3) is 0 Å². The summed E-state index contributed by atoms with van der Waals surface area (Å²) < 4.78 is 2.14. The molecule has 1 saturated carbocycles. The number of amides is 1. The van der Waals surface area contributed by atoms with E-state index in [-0.39, 0.29) is 5.91 Å². The third-order valence-corrected chi connectivity index (χ3v) is 5.73. The zero-order valence-electron chi connectivity index (χ0n) is 14.7. The number of hydrogen-bond acceptors (Lipinski definition) is 3. The van der Waals surface area contributed by atoms with Gasteiger partial charge in [-0.2, -0.15) is 0 Å². The number of anilines is 1. The standard InChI is InChI=1S/C20H26N4O/c25-20(11-8-15-4-1-2-5-15)22-18-7-3-6-16(12-18)17-9-10-19-23-21-14-24(19)13-17/h3,6-7,12,14-15,17H,1-2,4-5,8-11,13H2,(H,22,25)/t17-/m1/s1. The highest BCUT2D eigenvalue weighted by Gasteiger charge is 2.21. The third kappa shape index (κ3) is 3.91. The lowest BCUT2D eigenvalue weighted by Crippen LogP contribution is -2.19. The van der Waals surface area contributed by atoms with E-state index in [0.717, 1.165) is 43.2 Å². The fourth-order valence-corrected chi connectivity index (χ4v) is 4.26. The Morgan fingerprint density at radius 1 is 1.24 bits per heavy atom. The van der Waals surface area contributed by atoms with E-state index in [0.29, 0.717) is 12.3 Å². The van der Waals surface area contributed by atoms with Crippen molar-refractivity contribution >= 4 is 11.6 Å². The van der Waals surface area contributed by atoms with Crippen molar-refractivity contribution < 1.29 is 4.79 Å². The molecule has 5 nitrogen and oxygen atoms in total. The molecule has 1 aliphatic carbocycles. The van der Waals surface area contributed by atoms with E-state index >= 15 is 0 Å². The Bertz CT molecular complexity index is 733. The van der Waals surface area contributed by atoms with E-state index in [9.17, 15) is 4.79 Å². The van der Waals surface area contributed by atoms with E-state index < -0.39 is 0 Å². The van der Waals surface area contributed by atoms with E-state index in [1.54, 1.807) is 0 Å². The molecule has 0 radical (unpaired) electrons. The number of nitrogens with one attached hydrogen (secondary N) is 1. The fourth-order valence-electron chi connectivity index (χ4n) is 4.26. The number of nitrogens with zero attached hydrogens (tertiary/aromatic N) is 3. The smallest absolute Gasteiger partial charge is 0.224 e. The summed E-state index contributed by atoms with van der Waals surface area (Å²) in [6.45, 7) is 0.918. The molecule has 25 heavy (non-hydrogen) atoms. The van der Waals surface area contributed by atoms with Crippen molar-refractivity contribution in [2.45, 2.75) is 63.8 Å². The molecule has 1 aromatic carbocycles. The number of hydrogen-bond donors (Lipinski definition) is 1. The molecule has 1 amide bonds. The lowest BCUT2D eigenvalue weighted by Gasteiger charge is -2.23. The molecule has 1 aliphatic heterocycles. The van der Waals surface area contributed by atoms with Crippen LogP contribution in [0.1, 0.15) is 62.3 Å². The quantitative estimate of drug-likeness (QED) is 0.899. The van der Waals surface area contributed by atoms with E-state index in [2.05, 4.69) is 32.2 Å². The zero-order valence-corrected chi connectivity index (χ0v) is 14.7. The minimum absolute atomic E-state index is 0.147. The number of carbonyl (C=O) groups is 1. The van der Waals surface area contributed by atoms with Gasteiger partial charge in [-0.3, -0.25) is 4.79 Å². The Morgan fingerprint density at radius 2 is 2.12 bits per heavy atom. The van der Waals surface area contributed by atoms with E-state index in [1.807, 2.05) is 18.5 Å². The molecule has 2 aliphatic rings. The zero-order chi connectivity index (χ0) is 17.1. The van der Waals surface area contributed by atoms with Gasteiger partial charge in [-0.1, -0.05) is 37.8 Å². The van der Waals surface area contributed by atoms with Crippen molar-refractivity contribution in [2.75, 3.05) is 5.32 Å². The Balaban J connectivity index is 1.35. The van der Waals surface area contributed by atoms with Crippen molar-refractivity contribution in [3.8, 4) is 0 Å². The van der Waals surface area contributed by atoms with E-state index in [1.165, 1.54) is 31.2 Å². The lowest BCUT2D eigenvalue weighted by atomic mass is 9.91. The third-order valence-electron chi connectivity index (χ3n) is 5.73. The number of carbonyl (C=O) groups excluding carboxylic acids is 1. The number of fused-ring (bicyclic) bond motifs is 1. The molecule has 2 heterocycles. The van der Waals surface area contributed by atoms with Crippen molar-refractivity contribution in [1.29, 1.82) is 0 Å². The van der Waals surface area contributed by atoms with Gasteiger partial charge in [0.05, 0.1) is 0 Å². The largest absolute Gasteiger partial charge is 0.326 e. The summed E-state index contributed by atoms with van der Waals surface area (Å²) in [5.74, 6) is 2.44. The molecule has 0 bridgehead atoms. The molecular weight excluding hydrogens is 312 g/mol. The maximum atomic E-state index is 12.3. The van der Waals surface area contributed by atoms with Gasteiger partial charge in [-0.15, -0.1) is 10.2 Å². The molecule has 0 unspecified atom stereocenters. The summed E-state index contributed by atoms with van der Waals surface area (Å²) in [5, 5.41) is 11.2. The van der Waals surface area contributed by atoms with Crippen molar-refractivity contribution in [1.82, 2.24) is 14.8 Å². The minimum Gasteiger partial charge on any atom is -0.326 e. The second kappa shape index (κ2) is 7.38. The predicted molar refractivity (Wildman–Crippen MR) is 97.3 cm³/mol. The second-order valence-corrected chi connectivity index (χ2v) is 7.50. The van der Waals surface area contributed by atoms with Crippen LogP contribution in [0.4, 0.5) is 5.69 Å². The molecule has 1 aromatic heterocycles. The van der Waals surface area contributed by atoms with Gasteiger partial charge in [0, 0.05) is 31.0 Å². The van der Waals surface area contributed by atoms with Crippen molar-refractivity contribution in [3.63, 3.8) is 0 Å². The van der Waals surface area contributed by atoms with E-state index in [4.69, 9.17) is 0 Å². The first-order chi connectivity index (χ1) is 12.3. The van der Waals surface area contributed by atoms with Crippen LogP contribution in [0, 0.1) is 5.92 Å². The second-order valence-electron chi connectivity index (χ2n) is 7.50. The van der Waals surface area contributed by atoms with Gasteiger partial charge in [0.2, 0.25) is 5.91 Å². The van der Waals surface area contributed by atoms with Crippen LogP contribution in [0.15, 0.2) is 30.6 Å². The average molecular weight is 338 g/mol. The summed E-state index contributed by atoms with van der Waals surface area (Å²) in [7, 11) is 0. The highest BCUT2D eigenvalue weighted by molar-refractivity contribution is 5.90. The monoisotopic (exact) mass is 338 g/mol. The molecule has 2 aromatic rings. The topological polar surface area (TPSA) is 59.8 Å². The van der Waals surface area contributed by atoms with Crippen LogP contribution in [0.3, 0.4) is 0 Å². The Kier molecular flexibility index (Phi) is 4.81. The van der Waals surface area contributed by atoms with Crippen molar-refractivity contribution in [3.05, 3.63) is 42.0 Å². The summed E-state index contributed by atoms with van der Waals surface area (Å²) in [6, 6.07) is 8.33. The highest BCUT2D eigenvalue weighted by Crippen LogP contribution is 2.30. The van der Waals surface area contributed by atoms with Crippen LogP contribution < -0.4 is 5.32 Å². The molecule has 5 heteroatoms. The van der Waals surface area contributed by atoms with Crippen LogP contribution in [-0.2, 0) is 17.8 Å². The normalized spacial score (nSPS) is 20.4. The van der Waals surface area contributed by atoms with Crippen molar-refractivity contribution in [2.24, 2.45) is 5.92 Å². The summed E-state index contributed by atoms with van der Waals surface area (Å²) in [6.07, 6.45) is 10.8. The summed E-state index contributed by atoms with van der Waals surface area (Å²) >= 11 is 0. The van der Waals surface area contributed by atoms with Crippen LogP contribution in [0.2, 0.25) is 0 Å². The van der Waals surface area contributed by atoms with Crippen LogP contribution in [-0.4, -0.2) is 20.7 Å². The maximum Gasteiger partial charge on any atom is 0.224 e. The molecule has 4 rings (SSSR count). The predicted octanol–water partition coefficient (Wildman–Crippen LogP) is 3.92. The van der Waals surface area contributed by atoms with Gasteiger partial charge >= 0.3 is 0 Å². The molecule has 1 N–H and O–H groups in total. The average Bonchev–Trinajstić information content (AvgIpc) is 3.31. The first-order valence-electron chi connectivity index (χ1n) is 9.54. The van der Waals surface area contributed by atoms with Crippen LogP contribution in [0.5, 0.6) is 0 Å². The van der Waals surface area contributed by atoms with Gasteiger partial charge < -0.3 is 9.88 Å². The molecule has 1 fully saturated rings. The highest BCUT2D eigenvalue weighted by atomic mass is 16.1.